The molecule has 2 nitrogen and oxygen atoms in total. The van der Waals surface area contributed by atoms with E-state index in [2.05, 4.69) is 0 Å². The first-order valence-corrected chi connectivity index (χ1v) is 4.26. The molecule has 0 saturated heterocycles. The topological polar surface area (TPSA) is 18.5 Å². The summed E-state index contributed by atoms with van der Waals surface area (Å²) in [7, 11) is 0. The zero-order chi connectivity index (χ0) is 8.10. The molecule has 0 fully saturated rings. The number of ether oxygens (including phenoxy) is 1. The summed E-state index contributed by atoms with van der Waals surface area (Å²) < 4.78 is 10.3. The second kappa shape index (κ2) is 4.43. The fraction of sp³-hybridized carbons (Fsp3) is 0.250. The molecule has 60 valence electrons. The van der Waals surface area contributed by atoms with Crippen molar-refractivity contribution in [3.63, 3.8) is 0 Å². The molecular weight excluding hydrogens is 255 g/mol. The monoisotopic (exact) mass is 264 g/mol. The Morgan fingerprint density at radius 1 is 1.36 bits per heavy atom. The Morgan fingerprint density at radius 3 is 2.73 bits per heavy atom. The van der Waals surface area contributed by atoms with Gasteiger partial charge in [-0.2, -0.15) is 0 Å². The fourth-order valence-corrected chi connectivity index (χ4v) is 1.05. The van der Waals surface area contributed by atoms with Gasteiger partial charge in [0.05, 0.1) is 6.61 Å². The normalized spacial score (nSPS) is 9.27. The van der Waals surface area contributed by atoms with Gasteiger partial charge in [0.25, 0.3) is 0 Å². The van der Waals surface area contributed by atoms with Crippen molar-refractivity contribution >= 4 is 23.0 Å². The lowest BCUT2D eigenvalue weighted by molar-refractivity contribution is 0.339. The second-order valence-corrected chi connectivity index (χ2v) is 2.43. The van der Waals surface area contributed by atoms with Gasteiger partial charge in [0.2, 0.25) is 0 Å². The van der Waals surface area contributed by atoms with Gasteiger partial charge >= 0.3 is 0 Å². The van der Waals surface area contributed by atoms with E-state index in [1.54, 1.807) is 0 Å². The average molecular weight is 264 g/mol. The maximum atomic E-state index is 5.26. The van der Waals surface area contributed by atoms with Crippen molar-refractivity contribution in [2.24, 2.45) is 0 Å². The van der Waals surface area contributed by atoms with Crippen LogP contribution in [0.5, 0.6) is 11.5 Å². The van der Waals surface area contributed by atoms with Crippen molar-refractivity contribution in [1.82, 2.24) is 0 Å². The molecule has 0 unspecified atom stereocenters. The van der Waals surface area contributed by atoms with Crippen LogP contribution in [-0.4, -0.2) is 6.61 Å². The van der Waals surface area contributed by atoms with Crippen LogP contribution in [0.1, 0.15) is 6.92 Å². The summed E-state index contributed by atoms with van der Waals surface area (Å²) in [5, 5.41) is 0. The molecule has 0 radical (unpaired) electrons. The van der Waals surface area contributed by atoms with Crippen molar-refractivity contribution in [1.29, 1.82) is 0 Å². The summed E-state index contributed by atoms with van der Waals surface area (Å²) >= 11 is 1.84. The Bertz CT molecular complexity index is 225. The van der Waals surface area contributed by atoms with Gasteiger partial charge in [-0.05, 0) is 19.1 Å². The summed E-state index contributed by atoms with van der Waals surface area (Å²) in [4.78, 5) is 0. The summed E-state index contributed by atoms with van der Waals surface area (Å²) in [5.74, 6) is 1.67. The molecular formula is C8H9IO2. The third kappa shape index (κ3) is 2.57. The van der Waals surface area contributed by atoms with Crippen LogP contribution in [-0.2, 0) is 0 Å². The predicted molar refractivity (Wildman–Crippen MR) is 52.3 cm³/mol. The molecule has 1 rings (SSSR count). The van der Waals surface area contributed by atoms with Crippen molar-refractivity contribution in [3.05, 3.63) is 24.3 Å². The highest BCUT2D eigenvalue weighted by Gasteiger charge is 1.94. The van der Waals surface area contributed by atoms with Gasteiger partial charge in [-0.1, -0.05) is 6.07 Å². The van der Waals surface area contributed by atoms with Crippen LogP contribution in [0.25, 0.3) is 0 Å². The molecule has 0 bridgehead atoms. The van der Waals surface area contributed by atoms with E-state index in [1.165, 1.54) is 0 Å². The molecule has 11 heavy (non-hydrogen) atoms. The van der Waals surface area contributed by atoms with Crippen LogP contribution in [0.4, 0.5) is 0 Å². The number of hydrogen-bond donors (Lipinski definition) is 0. The van der Waals surface area contributed by atoms with Crippen LogP contribution in [0.3, 0.4) is 0 Å². The molecule has 0 aliphatic heterocycles. The molecule has 0 aromatic heterocycles. The SMILES string of the molecule is CCOc1cccc(OI)c1. The first-order chi connectivity index (χ1) is 5.36. The molecule has 0 heterocycles. The molecule has 0 amide bonds. The number of rotatable bonds is 3. The van der Waals surface area contributed by atoms with Crippen LogP contribution in [0, 0.1) is 0 Å². The van der Waals surface area contributed by atoms with Gasteiger partial charge in [0.1, 0.15) is 11.5 Å². The largest absolute Gasteiger partial charge is 0.494 e. The minimum absolute atomic E-state index is 0.685. The molecule has 0 atom stereocenters. The lowest BCUT2D eigenvalue weighted by atomic mass is 10.3. The summed E-state index contributed by atoms with van der Waals surface area (Å²) in [6.45, 7) is 2.64. The molecule has 0 aliphatic rings. The van der Waals surface area contributed by atoms with Gasteiger partial charge in [-0.3, -0.25) is 0 Å². The van der Waals surface area contributed by atoms with Crippen LogP contribution < -0.4 is 7.80 Å². The van der Waals surface area contributed by atoms with Crippen LogP contribution in [0.15, 0.2) is 24.3 Å². The predicted octanol–water partition coefficient (Wildman–Crippen LogP) is 2.81. The first kappa shape index (κ1) is 8.64. The van der Waals surface area contributed by atoms with Crippen molar-refractivity contribution in [3.8, 4) is 11.5 Å². The molecule has 0 saturated carbocycles. The molecule has 1 aromatic carbocycles. The van der Waals surface area contributed by atoms with Crippen LogP contribution in [0.2, 0.25) is 0 Å². The quantitative estimate of drug-likeness (QED) is 0.781. The van der Waals surface area contributed by atoms with Crippen molar-refractivity contribution in [2.75, 3.05) is 6.61 Å². The third-order valence-electron chi connectivity index (χ3n) is 1.21. The fourth-order valence-electron chi connectivity index (χ4n) is 0.779. The Morgan fingerprint density at radius 2 is 2.09 bits per heavy atom. The highest BCUT2D eigenvalue weighted by molar-refractivity contribution is 14.1. The minimum Gasteiger partial charge on any atom is -0.494 e. The van der Waals surface area contributed by atoms with E-state index in [0.29, 0.717) is 6.61 Å². The Kier molecular flexibility index (Phi) is 3.48. The van der Waals surface area contributed by atoms with Crippen molar-refractivity contribution in [2.45, 2.75) is 6.92 Å². The average Bonchev–Trinajstić information content (AvgIpc) is 2.06. The molecule has 0 N–H and O–H groups in total. The zero-order valence-electron chi connectivity index (χ0n) is 6.21. The molecule has 3 heteroatoms. The number of hydrogen-bond acceptors (Lipinski definition) is 2. The van der Waals surface area contributed by atoms with Crippen LogP contribution >= 0.6 is 23.0 Å². The highest BCUT2D eigenvalue weighted by atomic mass is 127. The van der Waals surface area contributed by atoms with Gasteiger partial charge in [0, 0.05) is 6.07 Å². The highest BCUT2D eigenvalue weighted by Crippen LogP contribution is 2.20. The molecule has 0 spiro atoms. The van der Waals surface area contributed by atoms with E-state index in [0.717, 1.165) is 11.5 Å². The van der Waals surface area contributed by atoms with Gasteiger partial charge < -0.3 is 7.80 Å². The van der Waals surface area contributed by atoms with E-state index in [4.69, 9.17) is 7.80 Å². The van der Waals surface area contributed by atoms with Crippen molar-refractivity contribution < 1.29 is 7.80 Å². The number of benzene rings is 1. The molecule has 1 aromatic rings. The Hall–Kier alpha value is -0.450. The Balaban J connectivity index is 2.74. The smallest absolute Gasteiger partial charge is 0.192 e. The first-order valence-electron chi connectivity index (χ1n) is 3.38. The number of halogens is 1. The van der Waals surface area contributed by atoms with E-state index in [1.807, 2.05) is 54.2 Å². The minimum atomic E-state index is 0.685. The van der Waals surface area contributed by atoms with E-state index >= 15 is 0 Å². The maximum Gasteiger partial charge on any atom is 0.192 e. The maximum absolute atomic E-state index is 5.26. The zero-order valence-corrected chi connectivity index (χ0v) is 8.37. The van der Waals surface area contributed by atoms with E-state index < -0.39 is 0 Å². The van der Waals surface area contributed by atoms with Gasteiger partial charge in [-0.25, -0.2) is 0 Å². The van der Waals surface area contributed by atoms with Gasteiger partial charge in [0.15, 0.2) is 23.0 Å². The lowest BCUT2D eigenvalue weighted by Gasteiger charge is -2.02. The standard InChI is InChI=1S/C8H9IO2/c1-2-10-7-4-3-5-8(6-7)11-9/h3-6H,2H2,1H3. The summed E-state index contributed by atoms with van der Waals surface area (Å²) in [5.41, 5.74) is 0. The lowest BCUT2D eigenvalue weighted by Crippen LogP contribution is -1.90. The Labute approximate surface area is 80.2 Å². The van der Waals surface area contributed by atoms with E-state index in [9.17, 15) is 0 Å². The summed E-state index contributed by atoms with van der Waals surface area (Å²) in [6.07, 6.45) is 0. The van der Waals surface area contributed by atoms with E-state index in [-0.39, 0.29) is 0 Å². The second-order valence-electron chi connectivity index (χ2n) is 1.99. The van der Waals surface area contributed by atoms with Gasteiger partial charge in [-0.15, -0.1) is 0 Å². The summed E-state index contributed by atoms with van der Waals surface area (Å²) in [6, 6.07) is 7.55. The molecule has 0 aliphatic carbocycles. The third-order valence-corrected chi connectivity index (χ3v) is 1.71.